The Kier molecular flexibility index (Phi) is 5.55. The fraction of sp³-hybridized carbons (Fsp3) is 0.536. The van der Waals surface area contributed by atoms with Gasteiger partial charge in [0, 0.05) is 23.8 Å². The van der Waals surface area contributed by atoms with Crippen molar-refractivity contribution in [2.75, 3.05) is 11.5 Å². The molecule has 1 N–H and O–H groups in total. The van der Waals surface area contributed by atoms with Gasteiger partial charge in [0.15, 0.2) is 8.32 Å². The number of hydrogen-bond donors (Lipinski definition) is 1. The van der Waals surface area contributed by atoms with E-state index in [1.807, 2.05) is 24.3 Å². The molecule has 2 aromatic carbocycles. The van der Waals surface area contributed by atoms with Gasteiger partial charge in [-0.25, -0.2) is 4.90 Å². The summed E-state index contributed by atoms with van der Waals surface area (Å²) in [7, 11) is -2.02. The summed E-state index contributed by atoms with van der Waals surface area (Å²) >= 11 is 0. The van der Waals surface area contributed by atoms with Gasteiger partial charge in [-0.1, -0.05) is 45.0 Å². The van der Waals surface area contributed by atoms with Crippen molar-refractivity contribution >= 4 is 36.6 Å². The van der Waals surface area contributed by atoms with Crippen LogP contribution in [-0.2, 0) is 18.8 Å². The van der Waals surface area contributed by atoms with E-state index in [2.05, 4.69) is 39.9 Å². The topological polar surface area (TPSA) is 99.9 Å². The maximum atomic E-state index is 14.0. The number of carbonyl (C=O) groups excluding carboxylic acids is 2. The highest BCUT2D eigenvalue weighted by atomic mass is 28.4. The van der Waals surface area contributed by atoms with Gasteiger partial charge >= 0.3 is 0 Å². The molecular formula is C28H34N2O5Si. The van der Waals surface area contributed by atoms with E-state index in [0.29, 0.717) is 41.5 Å². The van der Waals surface area contributed by atoms with Crippen LogP contribution in [-0.4, -0.2) is 49.2 Å². The third-order valence-electron chi connectivity index (χ3n) is 9.17. The molecule has 3 aliphatic heterocycles. The highest BCUT2D eigenvalue weighted by Gasteiger charge is 2.77. The summed E-state index contributed by atoms with van der Waals surface area (Å²) in [5.41, 5.74) is -1.13. The maximum Gasteiger partial charge on any atom is 0.240 e. The van der Waals surface area contributed by atoms with Gasteiger partial charge in [0.05, 0.1) is 40.9 Å². The number of hydrogen-bond acceptors (Lipinski definition) is 6. The average Bonchev–Trinajstić information content (AvgIpc) is 3.33. The Morgan fingerprint density at radius 2 is 1.78 bits per heavy atom. The second-order valence-electron chi connectivity index (χ2n) is 12.2. The van der Waals surface area contributed by atoms with Crippen LogP contribution in [0.3, 0.4) is 0 Å². The second kappa shape index (κ2) is 7.96. The van der Waals surface area contributed by atoms with E-state index in [1.165, 1.54) is 4.90 Å². The van der Waals surface area contributed by atoms with Crippen molar-refractivity contribution in [3.63, 3.8) is 0 Å². The zero-order valence-corrected chi connectivity index (χ0v) is 22.8. The summed E-state index contributed by atoms with van der Waals surface area (Å²) in [5, 5.41) is 22.0. The molecule has 7 nitrogen and oxygen atoms in total. The number of benzene rings is 2. The SMILES string of the molecule is CC(C)(C)[Si](C)(C)OCC[C@@]12C[C@@H](O)[C@@](C)(O1)[C@H]1C(=O)N(c3ccc(C#N)c4ccccc34)C(=O)[C@H]12. The summed E-state index contributed by atoms with van der Waals surface area (Å²) in [5.74, 6) is -2.11. The third kappa shape index (κ3) is 3.33. The minimum absolute atomic E-state index is 0.0417. The van der Waals surface area contributed by atoms with Crippen LogP contribution in [0.1, 0.15) is 46.1 Å². The van der Waals surface area contributed by atoms with Crippen LogP contribution in [0.4, 0.5) is 5.69 Å². The van der Waals surface area contributed by atoms with Crippen LogP contribution in [0.2, 0.25) is 18.1 Å². The number of nitrogens with zero attached hydrogens (tertiary/aromatic N) is 2. The molecule has 36 heavy (non-hydrogen) atoms. The van der Waals surface area contributed by atoms with Crippen molar-refractivity contribution < 1.29 is 23.9 Å². The Morgan fingerprint density at radius 1 is 1.14 bits per heavy atom. The number of aliphatic hydroxyl groups is 1. The quantitative estimate of drug-likeness (QED) is 0.473. The highest BCUT2D eigenvalue weighted by molar-refractivity contribution is 6.74. The van der Waals surface area contributed by atoms with E-state index in [0.717, 1.165) is 0 Å². The molecule has 0 aromatic heterocycles. The molecule has 3 saturated heterocycles. The summed E-state index contributed by atoms with van der Waals surface area (Å²) in [6.45, 7) is 13.0. The lowest BCUT2D eigenvalue weighted by Crippen LogP contribution is -2.50. The van der Waals surface area contributed by atoms with Crippen molar-refractivity contribution in [2.45, 2.75) is 76.0 Å². The Morgan fingerprint density at radius 3 is 2.42 bits per heavy atom. The fourth-order valence-corrected chi connectivity index (χ4v) is 7.18. The maximum absolute atomic E-state index is 14.0. The Bertz CT molecular complexity index is 1310. The Labute approximate surface area is 213 Å². The van der Waals surface area contributed by atoms with Crippen LogP contribution >= 0.6 is 0 Å². The van der Waals surface area contributed by atoms with E-state index in [9.17, 15) is 20.0 Å². The van der Waals surface area contributed by atoms with Crippen LogP contribution in [0.25, 0.3) is 10.8 Å². The number of fused-ring (bicyclic) bond motifs is 6. The van der Waals surface area contributed by atoms with Gasteiger partial charge in [-0.15, -0.1) is 0 Å². The molecule has 0 aliphatic carbocycles. The first-order valence-corrected chi connectivity index (χ1v) is 15.5. The third-order valence-corrected chi connectivity index (χ3v) is 13.7. The van der Waals surface area contributed by atoms with Crippen molar-refractivity contribution in [1.29, 1.82) is 5.26 Å². The van der Waals surface area contributed by atoms with E-state index in [1.54, 1.807) is 19.1 Å². The van der Waals surface area contributed by atoms with E-state index < -0.39 is 37.5 Å². The normalized spacial score (nSPS) is 31.8. The lowest BCUT2D eigenvalue weighted by molar-refractivity contribution is -0.134. The minimum Gasteiger partial charge on any atom is -0.417 e. The van der Waals surface area contributed by atoms with Crippen molar-refractivity contribution in [3.8, 4) is 6.07 Å². The molecule has 190 valence electrons. The lowest BCUT2D eigenvalue weighted by Gasteiger charge is -2.38. The summed E-state index contributed by atoms with van der Waals surface area (Å²) in [6, 6.07) is 12.8. The van der Waals surface area contributed by atoms with Crippen molar-refractivity contribution in [3.05, 3.63) is 42.0 Å². The number of carbonyl (C=O) groups is 2. The number of nitriles is 1. The Balaban J connectivity index is 1.52. The number of ether oxygens (including phenoxy) is 1. The molecule has 3 aliphatic rings. The van der Waals surface area contributed by atoms with Gasteiger partial charge in [-0.2, -0.15) is 5.26 Å². The average molecular weight is 507 g/mol. The second-order valence-corrected chi connectivity index (χ2v) is 17.0. The monoisotopic (exact) mass is 506 g/mol. The highest BCUT2D eigenvalue weighted by Crippen LogP contribution is 2.62. The van der Waals surface area contributed by atoms with Crippen LogP contribution in [0, 0.1) is 23.2 Å². The molecule has 2 amide bonds. The number of imide groups is 1. The van der Waals surface area contributed by atoms with Gasteiger partial charge in [-0.05, 0) is 43.6 Å². The minimum atomic E-state index is -2.02. The van der Waals surface area contributed by atoms with E-state index in [4.69, 9.17) is 9.16 Å². The van der Waals surface area contributed by atoms with Gasteiger partial charge in [0.2, 0.25) is 11.8 Å². The Hall–Kier alpha value is -2.57. The van der Waals surface area contributed by atoms with E-state index >= 15 is 0 Å². The molecule has 5 atom stereocenters. The van der Waals surface area contributed by atoms with Gasteiger partial charge in [0.25, 0.3) is 0 Å². The first-order chi connectivity index (χ1) is 16.8. The first-order valence-electron chi connectivity index (χ1n) is 12.6. The zero-order chi connectivity index (χ0) is 26.3. The van der Waals surface area contributed by atoms with Crippen molar-refractivity contribution in [1.82, 2.24) is 0 Å². The van der Waals surface area contributed by atoms with Crippen LogP contribution in [0.5, 0.6) is 0 Å². The molecule has 0 radical (unpaired) electrons. The van der Waals surface area contributed by atoms with Crippen LogP contribution in [0.15, 0.2) is 36.4 Å². The molecule has 2 bridgehead atoms. The molecule has 0 spiro atoms. The molecule has 2 aromatic rings. The molecule has 3 heterocycles. The molecule has 8 heteroatoms. The molecule has 3 fully saturated rings. The number of rotatable bonds is 5. The summed E-state index contributed by atoms with van der Waals surface area (Å²) in [6.07, 6.45) is -0.109. The van der Waals surface area contributed by atoms with Crippen molar-refractivity contribution in [2.24, 2.45) is 11.8 Å². The number of aliphatic hydroxyl groups excluding tert-OH is 1. The van der Waals surface area contributed by atoms with Gasteiger partial charge in [0.1, 0.15) is 5.60 Å². The lowest BCUT2D eigenvalue weighted by atomic mass is 9.66. The predicted octanol–water partition coefficient (Wildman–Crippen LogP) is 4.52. The zero-order valence-electron chi connectivity index (χ0n) is 21.8. The first kappa shape index (κ1) is 25.1. The predicted molar refractivity (Wildman–Crippen MR) is 139 cm³/mol. The summed E-state index contributed by atoms with van der Waals surface area (Å²) < 4.78 is 12.9. The molecular weight excluding hydrogens is 472 g/mol. The molecule has 0 unspecified atom stereocenters. The van der Waals surface area contributed by atoms with E-state index in [-0.39, 0.29) is 16.9 Å². The van der Waals surface area contributed by atoms with Gasteiger partial charge < -0.3 is 14.3 Å². The number of anilines is 1. The summed E-state index contributed by atoms with van der Waals surface area (Å²) in [4.78, 5) is 29.1. The molecule has 0 saturated carbocycles. The standard InChI is InChI=1S/C28H34N2O5Si/c1-26(2,3)36(5,6)34-14-13-28-15-21(31)27(4,35-28)22-23(28)25(33)30(24(22)32)20-12-11-17(16-29)18-9-7-8-10-19(18)20/h7-12,21-23,31H,13-15H2,1-6H3/t21-,22-,23+,27-,28+/m1/s1. The number of amides is 2. The largest absolute Gasteiger partial charge is 0.417 e. The van der Waals surface area contributed by atoms with Crippen LogP contribution < -0.4 is 4.90 Å². The fourth-order valence-electron chi connectivity index (χ4n) is 6.13. The smallest absolute Gasteiger partial charge is 0.240 e. The molecule has 5 rings (SSSR count). The van der Waals surface area contributed by atoms with Gasteiger partial charge in [-0.3, -0.25) is 9.59 Å².